The SMILES string of the molecule is C=S(N)(=O)c1cccc(-c2ccccn2)c1. The highest BCUT2D eigenvalue weighted by Crippen LogP contribution is 2.19. The lowest BCUT2D eigenvalue weighted by molar-refractivity contribution is 0.682. The van der Waals surface area contributed by atoms with Gasteiger partial charge < -0.3 is 0 Å². The second kappa shape index (κ2) is 4.08. The van der Waals surface area contributed by atoms with Crippen molar-refractivity contribution in [3.63, 3.8) is 0 Å². The third kappa shape index (κ3) is 2.29. The van der Waals surface area contributed by atoms with Crippen molar-refractivity contribution in [2.45, 2.75) is 4.90 Å². The third-order valence-electron chi connectivity index (χ3n) is 2.19. The van der Waals surface area contributed by atoms with Crippen LogP contribution in [0.15, 0.2) is 53.6 Å². The molecule has 2 rings (SSSR count). The van der Waals surface area contributed by atoms with Gasteiger partial charge in [0.25, 0.3) is 0 Å². The minimum atomic E-state index is -2.66. The van der Waals surface area contributed by atoms with Crippen molar-refractivity contribution < 1.29 is 4.21 Å². The molecule has 1 aromatic heterocycles. The quantitative estimate of drug-likeness (QED) is 0.801. The van der Waals surface area contributed by atoms with Gasteiger partial charge in [0.2, 0.25) is 0 Å². The lowest BCUT2D eigenvalue weighted by atomic mass is 10.1. The molecule has 1 heterocycles. The van der Waals surface area contributed by atoms with E-state index in [1.54, 1.807) is 24.4 Å². The van der Waals surface area contributed by atoms with Gasteiger partial charge in [0, 0.05) is 16.7 Å². The summed E-state index contributed by atoms with van der Waals surface area (Å²) in [5.74, 6) is 3.46. The van der Waals surface area contributed by atoms with Crippen LogP contribution in [0.4, 0.5) is 0 Å². The molecule has 0 aliphatic carbocycles. The fourth-order valence-electron chi connectivity index (χ4n) is 1.40. The zero-order valence-electron chi connectivity index (χ0n) is 8.67. The van der Waals surface area contributed by atoms with Crippen molar-refractivity contribution in [2.75, 3.05) is 0 Å². The van der Waals surface area contributed by atoms with Gasteiger partial charge in [-0.3, -0.25) is 10.1 Å². The summed E-state index contributed by atoms with van der Waals surface area (Å²) >= 11 is 0. The summed E-state index contributed by atoms with van der Waals surface area (Å²) in [6, 6.07) is 12.8. The van der Waals surface area contributed by atoms with Gasteiger partial charge in [-0.25, -0.2) is 4.21 Å². The van der Waals surface area contributed by atoms with Gasteiger partial charge >= 0.3 is 0 Å². The Kier molecular flexibility index (Phi) is 2.77. The number of hydrogen-bond donors (Lipinski definition) is 1. The molecule has 0 aliphatic rings. The van der Waals surface area contributed by atoms with Crippen molar-refractivity contribution in [2.24, 2.45) is 5.14 Å². The van der Waals surface area contributed by atoms with Crippen molar-refractivity contribution in [1.29, 1.82) is 0 Å². The highest BCUT2D eigenvalue weighted by molar-refractivity contribution is 7.98. The maximum atomic E-state index is 11.6. The minimum absolute atomic E-state index is 0.538. The highest BCUT2D eigenvalue weighted by Gasteiger charge is 2.04. The van der Waals surface area contributed by atoms with Crippen molar-refractivity contribution >= 4 is 15.6 Å². The average molecular weight is 232 g/mol. The second-order valence-corrected chi connectivity index (χ2v) is 5.39. The molecule has 1 aromatic carbocycles. The van der Waals surface area contributed by atoms with E-state index in [1.165, 1.54) is 0 Å². The number of hydrogen-bond acceptors (Lipinski definition) is 2. The summed E-state index contributed by atoms with van der Waals surface area (Å²) in [6.07, 6.45) is 1.71. The summed E-state index contributed by atoms with van der Waals surface area (Å²) in [5, 5.41) is 5.50. The number of pyridine rings is 1. The Labute approximate surface area is 95.1 Å². The van der Waals surface area contributed by atoms with E-state index in [9.17, 15) is 4.21 Å². The van der Waals surface area contributed by atoms with Crippen LogP contribution in [-0.2, 0) is 9.71 Å². The Morgan fingerprint density at radius 1 is 1.19 bits per heavy atom. The molecule has 82 valence electrons. The first-order valence-electron chi connectivity index (χ1n) is 4.74. The van der Waals surface area contributed by atoms with Crippen molar-refractivity contribution in [1.82, 2.24) is 4.98 Å². The van der Waals surface area contributed by atoms with E-state index >= 15 is 0 Å². The van der Waals surface area contributed by atoms with E-state index in [-0.39, 0.29) is 0 Å². The smallest absolute Gasteiger partial charge is 0.0702 e. The predicted octanol–water partition coefficient (Wildman–Crippen LogP) is 1.70. The summed E-state index contributed by atoms with van der Waals surface area (Å²) < 4.78 is 11.6. The standard InChI is InChI=1S/C12H12N2OS/c1-16(13,15)11-6-4-5-10(9-11)12-7-2-3-8-14-12/h2-9H,1H2,(H2,13,15). The van der Waals surface area contributed by atoms with Crippen LogP contribution in [0.3, 0.4) is 0 Å². The van der Waals surface area contributed by atoms with E-state index in [1.807, 2.05) is 24.3 Å². The molecule has 0 spiro atoms. The number of nitrogens with zero attached hydrogens (tertiary/aromatic N) is 1. The van der Waals surface area contributed by atoms with E-state index in [0.29, 0.717) is 4.90 Å². The van der Waals surface area contributed by atoms with E-state index in [2.05, 4.69) is 10.9 Å². The van der Waals surface area contributed by atoms with Gasteiger partial charge in [0.1, 0.15) is 0 Å². The van der Waals surface area contributed by atoms with E-state index in [0.717, 1.165) is 11.3 Å². The fourth-order valence-corrected chi connectivity index (χ4v) is 2.04. The lowest BCUT2D eigenvalue weighted by Gasteiger charge is -2.05. The van der Waals surface area contributed by atoms with Crippen LogP contribution in [0, 0.1) is 0 Å². The number of rotatable bonds is 2. The van der Waals surface area contributed by atoms with Gasteiger partial charge in [-0.2, -0.15) is 0 Å². The molecule has 0 bridgehead atoms. The maximum Gasteiger partial charge on any atom is 0.0702 e. The van der Waals surface area contributed by atoms with Crippen molar-refractivity contribution in [3.05, 3.63) is 48.7 Å². The number of aromatic nitrogens is 1. The normalized spacial score (nSPS) is 14.3. The Morgan fingerprint density at radius 3 is 2.62 bits per heavy atom. The first kappa shape index (κ1) is 10.9. The molecule has 0 saturated heterocycles. The molecule has 16 heavy (non-hydrogen) atoms. The molecule has 3 nitrogen and oxygen atoms in total. The largest absolute Gasteiger partial charge is 0.256 e. The molecule has 0 amide bonds. The van der Waals surface area contributed by atoms with Crippen LogP contribution in [0.25, 0.3) is 11.3 Å². The molecule has 1 unspecified atom stereocenters. The molecule has 0 aliphatic heterocycles. The second-order valence-electron chi connectivity index (χ2n) is 3.47. The third-order valence-corrected chi connectivity index (χ3v) is 3.25. The monoisotopic (exact) mass is 232 g/mol. The van der Waals surface area contributed by atoms with Crippen LogP contribution in [-0.4, -0.2) is 15.1 Å². The molecular weight excluding hydrogens is 220 g/mol. The number of nitrogens with two attached hydrogens (primary N) is 1. The van der Waals surface area contributed by atoms with Crippen LogP contribution in [0.2, 0.25) is 0 Å². The van der Waals surface area contributed by atoms with Gasteiger partial charge in [-0.1, -0.05) is 18.2 Å². The topological polar surface area (TPSA) is 56.0 Å². The molecule has 1 atom stereocenters. The van der Waals surface area contributed by atoms with Crippen LogP contribution in [0.1, 0.15) is 0 Å². The summed E-state index contributed by atoms with van der Waals surface area (Å²) in [4.78, 5) is 4.76. The van der Waals surface area contributed by atoms with E-state index < -0.39 is 9.71 Å². The molecule has 0 saturated carbocycles. The van der Waals surface area contributed by atoms with Crippen LogP contribution >= 0.6 is 0 Å². The van der Waals surface area contributed by atoms with Gasteiger partial charge in [-0.05, 0) is 30.1 Å². The van der Waals surface area contributed by atoms with Gasteiger partial charge in [-0.15, -0.1) is 0 Å². The lowest BCUT2D eigenvalue weighted by Crippen LogP contribution is -2.11. The predicted molar refractivity (Wildman–Crippen MR) is 67.4 cm³/mol. The van der Waals surface area contributed by atoms with Crippen LogP contribution in [0.5, 0.6) is 0 Å². The van der Waals surface area contributed by atoms with E-state index in [4.69, 9.17) is 5.14 Å². The molecule has 0 fully saturated rings. The van der Waals surface area contributed by atoms with Gasteiger partial charge in [0.15, 0.2) is 0 Å². The summed E-state index contributed by atoms with van der Waals surface area (Å²) in [5.41, 5.74) is 1.72. The zero-order chi connectivity index (χ0) is 11.6. The Morgan fingerprint density at radius 2 is 2.00 bits per heavy atom. The minimum Gasteiger partial charge on any atom is -0.256 e. The fraction of sp³-hybridized carbons (Fsp3) is 0. The van der Waals surface area contributed by atoms with Crippen LogP contribution < -0.4 is 5.14 Å². The molecule has 0 radical (unpaired) electrons. The molecule has 2 N–H and O–H groups in total. The first-order valence-corrected chi connectivity index (χ1v) is 6.53. The Hall–Kier alpha value is -1.65. The number of benzene rings is 1. The zero-order valence-corrected chi connectivity index (χ0v) is 9.48. The summed E-state index contributed by atoms with van der Waals surface area (Å²) in [6.45, 7) is 0. The van der Waals surface area contributed by atoms with Crippen molar-refractivity contribution in [3.8, 4) is 11.3 Å². The molecule has 4 heteroatoms. The summed E-state index contributed by atoms with van der Waals surface area (Å²) in [7, 11) is -2.66. The highest BCUT2D eigenvalue weighted by atomic mass is 32.2. The Balaban J connectivity index is 2.53. The maximum absolute atomic E-state index is 11.6. The molecule has 2 aromatic rings. The average Bonchev–Trinajstić information content (AvgIpc) is 2.29. The Bertz CT molecular complexity index is 591. The molecular formula is C12H12N2OS. The first-order chi connectivity index (χ1) is 7.57. The van der Waals surface area contributed by atoms with Gasteiger partial charge in [0.05, 0.1) is 15.4 Å².